The molecule has 0 saturated heterocycles. The highest BCUT2D eigenvalue weighted by Crippen LogP contribution is 2.27. The summed E-state index contributed by atoms with van der Waals surface area (Å²) < 4.78 is 25.2. The Bertz CT molecular complexity index is 565. The molecule has 3 nitrogen and oxygen atoms in total. The third kappa shape index (κ3) is 4.40. The first kappa shape index (κ1) is 16.2. The summed E-state index contributed by atoms with van der Waals surface area (Å²) in [5, 5.41) is 3.39. The minimum atomic E-state index is -0.272. The number of hydrogen-bond donors (Lipinski definition) is 1. The average molecular weight is 356 g/mol. The zero-order valence-electron chi connectivity index (χ0n) is 12.2. The number of ether oxygens (including phenoxy) is 1. The molecule has 0 aliphatic rings. The molecule has 0 fully saturated rings. The van der Waals surface area contributed by atoms with Gasteiger partial charge in [-0.1, -0.05) is 22.9 Å². The Hall–Kier alpha value is -1.17. The molecule has 2 aromatic rings. The minimum Gasteiger partial charge on any atom is -0.462 e. The normalized spacial score (nSPS) is 12.6. The molecule has 114 valence electrons. The number of methoxy groups -OCH3 is 1. The van der Waals surface area contributed by atoms with E-state index < -0.39 is 0 Å². The van der Waals surface area contributed by atoms with Crippen LogP contribution >= 0.6 is 15.9 Å². The van der Waals surface area contributed by atoms with Gasteiger partial charge in [0.05, 0.1) is 6.04 Å². The zero-order valence-corrected chi connectivity index (χ0v) is 13.7. The first-order chi connectivity index (χ1) is 10.1. The zero-order chi connectivity index (χ0) is 15.2. The van der Waals surface area contributed by atoms with Gasteiger partial charge in [0.1, 0.15) is 23.9 Å². The fraction of sp³-hybridized carbons (Fsp3) is 0.375. The van der Waals surface area contributed by atoms with Crippen LogP contribution in [-0.4, -0.2) is 13.7 Å². The van der Waals surface area contributed by atoms with Crippen LogP contribution in [0.1, 0.15) is 36.5 Å². The molecule has 2 rings (SSSR count). The Morgan fingerprint density at radius 1 is 1.33 bits per heavy atom. The van der Waals surface area contributed by atoms with Gasteiger partial charge in [0, 0.05) is 11.6 Å². The third-order valence-electron chi connectivity index (χ3n) is 3.07. The van der Waals surface area contributed by atoms with Crippen LogP contribution in [0.3, 0.4) is 0 Å². The molecule has 21 heavy (non-hydrogen) atoms. The lowest BCUT2D eigenvalue weighted by Gasteiger charge is -2.17. The van der Waals surface area contributed by atoms with E-state index in [1.54, 1.807) is 7.11 Å². The number of benzene rings is 1. The molecule has 1 unspecified atom stereocenters. The van der Waals surface area contributed by atoms with E-state index in [9.17, 15) is 4.39 Å². The van der Waals surface area contributed by atoms with Crippen molar-refractivity contribution in [1.29, 1.82) is 0 Å². The van der Waals surface area contributed by atoms with Crippen LogP contribution in [0.25, 0.3) is 0 Å². The van der Waals surface area contributed by atoms with Crippen molar-refractivity contribution in [3.05, 3.63) is 57.7 Å². The van der Waals surface area contributed by atoms with Crippen LogP contribution in [0.5, 0.6) is 0 Å². The summed E-state index contributed by atoms with van der Waals surface area (Å²) in [4.78, 5) is 0. The van der Waals surface area contributed by atoms with Crippen LogP contribution in [0.4, 0.5) is 4.39 Å². The Kier molecular flexibility index (Phi) is 5.96. The highest BCUT2D eigenvalue weighted by atomic mass is 79.9. The Morgan fingerprint density at radius 2 is 2.14 bits per heavy atom. The molecule has 5 heteroatoms. The van der Waals surface area contributed by atoms with Gasteiger partial charge in [-0.3, -0.25) is 0 Å². The van der Waals surface area contributed by atoms with Crippen molar-refractivity contribution in [3.8, 4) is 0 Å². The minimum absolute atomic E-state index is 0.178. The van der Waals surface area contributed by atoms with Crippen LogP contribution in [0, 0.1) is 5.82 Å². The Labute approximate surface area is 132 Å². The SMILES string of the molecule is CCCNC(c1cc(F)cc(Br)c1)c1ccc(COC)o1. The van der Waals surface area contributed by atoms with Crippen molar-refractivity contribution < 1.29 is 13.5 Å². The monoisotopic (exact) mass is 355 g/mol. The Balaban J connectivity index is 2.31. The molecule has 0 amide bonds. The van der Waals surface area contributed by atoms with Crippen molar-refractivity contribution in [2.24, 2.45) is 0 Å². The number of halogens is 2. The van der Waals surface area contributed by atoms with Gasteiger partial charge in [0.15, 0.2) is 0 Å². The molecular formula is C16H19BrFNO2. The molecule has 1 N–H and O–H groups in total. The second-order valence-electron chi connectivity index (χ2n) is 4.83. The van der Waals surface area contributed by atoms with Crippen molar-refractivity contribution in [2.75, 3.05) is 13.7 Å². The molecule has 0 spiro atoms. The van der Waals surface area contributed by atoms with Crippen molar-refractivity contribution >= 4 is 15.9 Å². The molecule has 0 saturated carbocycles. The van der Waals surface area contributed by atoms with Crippen LogP contribution < -0.4 is 5.32 Å². The van der Waals surface area contributed by atoms with Gasteiger partial charge in [-0.15, -0.1) is 0 Å². The van der Waals surface area contributed by atoms with Crippen molar-refractivity contribution in [1.82, 2.24) is 5.32 Å². The van der Waals surface area contributed by atoms with Crippen molar-refractivity contribution in [3.63, 3.8) is 0 Å². The van der Waals surface area contributed by atoms with E-state index in [0.717, 1.165) is 30.0 Å². The van der Waals surface area contributed by atoms with Gasteiger partial charge in [-0.25, -0.2) is 4.39 Å². The molecule has 1 heterocycles. The van der Waals surface area contributed by atoms with E-state index in [0.29, 0.717) is 11.1 Å². The topological polar surface area (TPSA) is 34.4 Å². The summed E-state index contributed by atoms with van der Waals surface area (Å²) >= 11 is 3.33. The van der Waals surface area contributed by atoms with Crippen LogP contribution in [0.2, 0.25) is 0 Å². The third-order valence-corrected chi connectivity index (χ3v) is 3.53. The predicted molar refractivity (Wildman–Crippen MR) is 83.7 cm³/mol. The first-order valence-electron chi connectivity index (χ1n) is 6.91. The molecule has 1 aromatic carbocycles. The van der Waals surface area contributed by atoms with Gasteiger partial charge in [0.25, 0.3) is 0 Å². The second kappa shape index (κ2) is 7.73. The summed E-state index contributed by atoms with van der Waals surface area (Å²) in [7, 11) is 1.62. The van der Waals surface area contributed by atoms with E-state index in [4.69, 9.17) is 9.15 Å². The summed E-state index contributed by atoms with van der Waals surface area (Å²) in [6, 6.07) is 8.47. The number of furan rings is 1. The molecule has 0 aliphatic heterocycles. The molecule has 0 aliphatic carbocycles. The van der Waals surface area contributed by atoms with Gasteiger partial charge < -0.3 is 14.5 Å². The standard InChI is InChI=1S/C16H19BrFNO2/c1-3-6-19-16(11-7-12(17)9-13(18)8-11)15-5-4-14(21-15)10-20-2/h4-5,7-9,16,19H,3,6,10H2,1-2H3. The quantitative estimate of drug-likeness (QED) is 0.798. The summed E-state index contributed by atoms with van der Waals surface area (Å²) in [6.45, 7) is 3.33. The fourth-order valence-electron chi connectivity index (χ4n) is 2.18. The maximum Gasteiger partial charge on any atom is 0.129 e. The number of rotatable bonds is 7. The lowest BCUT2D eigenvalue weighted by molar-refractivity contribution is 0.162. The first-order valence-corrected chi connectivity index (χ1v) is 7.70. The maximum absolute atomic E-state index is 13.6. The second-order valence-corrected chi connectivity index (χ2v) is 5.74. The van der Waals surface area contributed by atoms with Gasteiger partial charge in [0.2, 0.25) is 0 Å². The fourth-order valence-corrected chi connectivity index (χ4v) is 2.67. The van der Waals surface area contributed by atoms with E-state index in [2.05, 4.69) is 28.2 Å². The van der Waals surface area contributed by atoms with Crippen LogP contribution in [-0.2, 0) is 11.3 Å². The lowest BCUT2D eigenvalue weighted by Crippen LogP contribution is -2.23. The van der Waals surface area contributed by atoms with Gasteiger partial charge in [-0.2, -0.15) is 0 Å². The summed E-state index contributed by atoms with van der Waals surface area (Å²) in [6.07, 6.45) is 0.985. The van der Waals surface area contributed by atoms with E-state index >= 15 is 0 Å². The highest BCUT2D eigenvalue weighted by Gasteiger charge is 2.18. The lowest BCUT2D eigenvalue weighted by atomic mass is 10.0. The van der Waals surface area contributed by atoms with Crippen molar-refractivity contribution in [2.45, 2.75) is 26.0 Å². The Morgan fingerprint density at radius 3 is 2.81 bits per heavy atom. The molecule has 1 aromatic heterocycles. The summed E-state index contributed by atoms with van der Waals surface area (Å²) in [5.74, 6) is 1.24. The van der Waals surface area contributed by atoms with E-state index in [1.807, 2.05) is 18.2 Å². The van der Waals surface area contributed by atoms with Gasteiger partial charge in [-0.05, 0) is 48.9 Å². The number of hydrogen-bond acceptors (Lipinski definition) is 3. The molecule has 0 bridgehead atoms. The molecule has 0 radical (unpaired) electrons. The highest BCUT2D eigenvalue weighted by molar-refractivity contribution is 9.10. The van der Waals surface area contributed by atoms with Gasteiger partial charge >= 0.3 is 0 Å². The smallest absolute Gasteiger partial charge is 0.129 e. The summed E-state index contributed by atoms with van der Waals surface area (Å²) in [5.41, 5.74) is 0.827. The van der Waals surface area contributed by atoms with E-state index in [-0.39, 0.29) is 11.9 Å². The average Bonchev–Trinajstić information content (AvgIpc) is 2.87. The molecule has 1 atom stereocenters. The largest absolute Gasteiger partial charge is 0.462 e. The van der Waals surface area contributed by atoms with E-state index in [1.165, 1.54) is 12.1 Å². The number of nitrogens with one attached hydrogen (secondary N) is 1. The maximum atomic E-state index is 13.6. The molecular weight excluding hydrogens is 337 g/mol. The predicted octanol–water partition coefficient (Wildman–Crippen LogP) is 4.42. The van der Waals surface area contributed by atoms with Crippen LogP contribution in [0.15, 0.2) is 39.2 Å².